The highest BCUT2D eigenvalue weighted by Crippen LogP contribution is 2.30. The van der Waals surface area contributed by atoms with Crippen LogP contribution in [0.2, 0.25) is 0 Å². The Morgan fingerprint density at radius 3 is 2.70 bits per heavy atom. The van der Waals surface area contributed by atoms with Gasteiger partial charge in [0, 0.05) is 25.7 Å². The first kappa shape index (κ1) is 21.8. The van der Waals surface area contributed by atoms with E-state index >= 15 is 0 Å². The first-order valence-corrected chi connectivity index (χ1v) is 10.5. The number of anilines is 1. The molecule has 160 valence electrons. The van der Waals surface area contributed by atoms with Crippen LogP contribution in [0.1, 0.15) is 37.8 Å². The zero-order valence-corrected chi connectivity index (χ0v) is 18.0. The van der Waals surface area contributed by atoms with E-state index in [2.05, 4.69) is 53.6 Å². The lowest BCUT2D eigenvalue weighted by molar-refractivity contribution is -0.130. The molecule has 2 amide bonds. The smallest absolute Gasteiger partial charge is 0.266 e. The van der Waals surface area contributed by atoms with Crippen LogP contribution in [0.4, 0.5) is 5.69 Å². The van der Waals surface area contributed by atoms with Gasteiger partial charge in [0.25, 0.3) is 5.91 Å². The maximum absolute atomic E-state index is 12.3. The number of nitrogens with one attached hydrogen (secondary N) is 2. The Morgan fingerprint density at radius 1 is 1.20 bits per heavy atom. The number of hydrogen-bond donors (Lipinski definition) is 2. The molecule has 0 saturated carbocycles. The van der Waals surface area contributed by atoms with Crippen molar-refractivity contribution in [1.29, 1.82) is 0 Å². The normalized spacial score (nSPS) is 15.5. The van der Waals surface area contributed by atoms with Crippen molar-refractivity contribution < 1.29 is 14.3 Å². The standard InChI is InChI=1S/C24H31N3O3/c1-17(2)27(16-19-8-5-4-6-9-19)13-7-12-25-23(28)15-22-24(29)26-20-14-18(3)10-11-21(20)30-22/h4-6,8-11,14,17,22H,7,12-13,15-16H2,1-3H3,(H,25,28)(H,26,29). The number of aryl methyl sites for hydroxylation is 1. The number of benzene rings is 2. The first-order chi connectivity index (χ1) is 14.4. The van der Waals surface area contributed by atoms with Gasteiger partial charge in [-0.2, -0.15) is 0 Å². The number of nitrogens with zero attached hydrogens (tertiary/aromatic N) is 1. The van der Waals surface area contributed by atoms with Crippen LogP contribution >= 0.6 is 0 Å². The van der Waals surface area contributed by atoms with Crippen LogP contribution in [0.5, 0.6) is 5.75 Å². The third-order valence-electron chi connectivity index (χ3n) is 5.23. The number of hydrogen-bond acceptors (Lipinski definition) is 4. The van der Waals surface area contributed by atoms with Crippen LogP contribution in [0.15, 0.2) is 48.5 Å². The van der Waals surface area contributed by atoms with Gasteiger partial charge in [-0.1, -0.05) is 36.4 Å². The minimum absolute atomic E-state index is 0.0110. The van der Waals surface area contributed by atoms with Gasteiger partial charge in [0.15, 0.2) is 6.10 Å². The third-order valence-corrected chi connectivity index (χ3v) is 5.23. The summed E-state index contributed by atoms with van der Waals surface area (Å²) >= 11 is 0. The first-order valence-electron chi connectivity index (χ1n) is 10.5. The van der Waals surface area contributed by atoms with Gasteiger partial charge >= 0.3 is 0 Å². The Morgan fingerprint density at radius 2 is 1.97 bits per heavy atom. The molecule has 0 aliphatic carbocycles. The summed E-state index contributed by atoms with van der Waals surface area (Å²) in [5, 5.41) is 5.74. The van der Waals surface area contributed by atoms with E-state index in [1.807, 2.05) is 31.2 Å². The molecule has 2 aromatic carbocycles. The second-order valence-electron chi connectivity index (χ2n) is 8.05. The average molecular weight is 410 g/mol. The van der Waals surface area contributed by atoms with Crippen LogP contribution in [-0.4, -0.2) is 41.9 Å². The monoisotopic (exact) mass is 409 g/mol. The highest BCUT2D eigenvalue weighted by molar-refractivity contribution is 6.00. The maximum atomic E-state index is 12.3. The molecule has 0 fully saturated rings. The molecular formula is C24H31N3O3. The van der Waals surface area contributed by atoms with Crippen LogP contribution in [0, 0.1) is 6.92 Å². The molecule has 2 N–H and O–H groups in total. The van der Waals surface area contributed by atoms with Crippen LogP contribution < -0.4 is 15.4 Å². The highest BCUT2D eigenvalue weighted by Gasteiger charge is 2.29. The van der Waals surface area contributed by atoms with Crippen molar-refractivity contribution in [1.82, 2.24) is 10.2 Å². The van der Waals surface area contributed by atoms with Gasteiger partial charge in [-0.3, -0.25) is 14.5 Å². The van der Waals surface area contributed by atoms with E-state index in [1.165, 1.54) is 5.56 Å². The minimum Gasteiger partial charge on any atom is -0.478 e. The lowest BCUT2D eigenvalue weighted by atomic mass is 10.1. The van der Waals surface area contributed by atoms with E-state index < -0.39 is 6.10 Å². The summed E-state index contributed by atoms with van der Waals surface area (Å²) in [5.74, 6) is 0.147. The molecule has 30 heavy (non-hydrogen) atoms. The SMILES string of the molecule is Cc1ccc2c(c1)NC(=O)C(CC(=O)NCCCN(Cc1ccccc1)C(C)C)O2. The van der Waals surface area contributed by atoms with Gasteiger partial charge in [-0.05, 0) is 50.5 Å². The number of carbonyl (C=O) groups excluding carboxylic acids is 2. The van der Waals surface area contributed by atoms with E-state index in [1.54, 1.807) is 0 Å². The van der Waals surface area contributed by atoms with Crippen molar-refractivity contribution in [3.63, 3.8) is 0 Å². The van der Waals surface area contributed by atoms with Gasteiger partial charge in [-0.15, -0.1) is 0 Å². The Kier molecular flexibility index (Phi) is 7.46. The molecule has 6 heteroatoms. The molecule has 1 heterocycles. The molecule has 0 saturated heterocycles. The number of ether oxygens (including phenoxy) is 1. The van der Waals surface area contributed by atoms with Crippen molar-refractivity contribution in [3.05, 3.63) is 59.7 Å². The molecule has 1 unspecified atom stereocenters. The molecule has 1 atom stereocenters. The second-order valence-corrected chi connectivity index (χ2v) is 8.05. The molecule has 1 aliphatic rings. The Labute approximate surface area is 178 Å². The van der Waals surface area contributed by atoms with E-state index in [0.29, 0.717) is 24.0 Å². The summed E-state index contributed by atoms with van der Waals surface area (Å²) in [7, 11) is 0. The molecule has 0 bridgehead atoms. The number of rotatable bonds is 9. The average Bonchev–Trinajstić information content (AvgIpc) is 2.71. The van der Waals surface area contributed by atoms with Crippen molar-refractivity contribution in [2.45, 2.75) is 52.3 Å². The van der Waals surface area contributed by atoms with Crippen molar-refractivity contribution in [2.24, 2.45) is 0 Å². The number of amides is 2. The van der Waals surface area contributed by atoms with Crippen LogP contribution in [-0.2, 0) is 16.1 Å². The summed E-state index contributed by atoms with van der Waals surface area (Å²) in [6.07, 6.45) is 0.0543. The Hall–Kier alpha value is -2.86. The predicted molar refractivity (Wildman–Crippen MR) is 118 cm³/mol. The zero-order valence-electron chi connectivity index (χ0n) is 18.0. The Bertz CT molecular complexity index is 867. The van der Waals surface area contributed by atoms with Crippen molar-refractivity contribution in [2.75, 3.05) is 18.4 Å². The summed E-state index contributed by atoms with van der Waals surface area (Å²) in [6.45, 7) is 8.66. The van der Waals surface area contributed by atoms with Gasteiger partial charge in [0.1, 0.15) is 5.75 Å². The fourth-order valence-electron chi connectivity index (χ4n) is 3.49. The predicted octanol–water partition coefficient (Wildman–Crippen LogP) is 3.50. The molecule has 0 aromatic heterocycles. The summed E-state index contributed by atoms with van der Waals surface area (Å²) in [6, 6.07) is 16.4. The molecule has 0 spiro atoms. The zero-order chi connectivity index (χ0) is 21.5. The van der Waals surface area contributed by atoms with E-state index in [9.17, 15) is 9.59 Å². The van der Waals surface area contributed by atoms with Crippen molar-refractivity contribution >= 4 is 17.5 Å². The quantitative estimate of drug-likeness (QED) is 0.622. The van der Waals surface area contributed by atoms with Gasteiger partial charge in [0.2, 0.25) is 5.91 Å². The lowest BCUT2D eigenvalue weighted by Gasteiger charge is -2.27. The second kappa shape index (κ2) is 10.3. The Balaban J connectivity index is 1.42. The van der Waals surface area contributed by atoms with Gasteiger partial charge in [0.05, 0.1) is 12.1 Å². The maximum Gasteiger partial charge on any atom is 0.266 e. The molecule has 3 rings (SSSR count). The molecule has 1 aliphatic heterocycles. The van der Waals surface area contributed by atoms with E-state index in [0.717, 1.165) is 25.1 Å². The van der Waals surface area contributed by atoms with Crippen LogP contribution in [0.3, 0.4) is 0 Å². The topological polar surface area (TPSA) is 70.7 Å². The molecule has 2 aromatic rings. The fourth-order valence-corrected chi connectivity index (χ4v) is 3.49. The molecule has 6 nitrogen and oxygen atoms in total. The minimum atomic E-state index is -0.801. The number of carbonyl (C=O) groups is 2. The van der Waals surface area contributed by atoms with E-state index in [-0.39, 0.29) is 18.2 Å². The summed E-state index contributed by atoms with van der Waals surface area (Å²) in [4.78, 5) is 26.9. The molecule has 0 radical (unpaired) electrons. The lowest BCUT2D eigenvalue weighted by Crippen LogP contribution is -2.41. The van der Waals surface area contributed by atoms with Gasteiger partial charge < -0.3 is 15.4 Å². The highest BCUT2D eigenvalue weighted by atomic mass is 16.5. The van der Waals surface area contributed by atoms with Crippen LogP contribution in [0.25, 0.3) is 0 Å². The van der Waals surface area contributed by atoms with E-state index in [4.69, 9.17) is 4.74 Å². The van der Waals surface area contributed by atoms with Crippen molar-refractivity contribution in [3.8, 4) is 5.75 Å². The molecular weight excluding hydrogens is 378 g/mol. The fraction of sp³-hybridized carbons (Fsp3) is 0.417. The largest absolute Gasteiger partial charge is 0.478 e. The summed E-state index contributed by atoms with van der Waals surface area (Å²) in [5.41, 5.74) is 2.98. The summed E-state index contributed by atoms with van der Waals surface area (Å²) < 4.78 is 5.73. The number of fused-ring (bicyclic) bond motifs is 1. The third kappa shape index (κ3) is 6.07. The van der Waals surface area contributed by atoms with Gasteiger partial charge in [-0.25, -0.2) is 0 Å².